The topological polar surface area (TPSA) is 35.2 Å². The average Bonchev–Trinajstić information content (AvgIpc) is 2.33. The number of ether oxygens (including phenoxy) is 1. The van der Waals surface area contributed by atoms with Gasteiger partial charge in [-0.1, -0.05) is 23.7 Å². The quantitative estimate of drug-likeness (QED) is 0.895. The molecule has 2 aromatic carbocycles. The molecule has 96 valence electrons. The highest BCUT2D eigenvalue weighted by Gasteiger charge is 2.00. The summed E-state index contributed by atoms with van der Waals surface area (Å²) in [4.78, 5) is 0. The lowest BCUT2D eigenvalue weighted by Crippen LogP contribution is -2.04. The van der Waals surface area contributed by atoms with E-state index in [2.05, 4.69) is 0 Å². The van der Waals surface area contributed by atoms with Gasteiger partial charge in [-0.25, -0.2) is 0 Å². The zero-order chi connectivity index (χ0) is 12.3. The van der Waals surface area contributed by atoms with Crippen LogP contribution in [-0.2, 0) is 0 Å². The largest absolute Gasteiger partial charge is 0.457 e. The van der Waals surface area contributed by atoms with Gasteiger partial charge in [0.2, 0.25) is 0 Å². The fourth-order valence-electron chi connectivity index (χ4n) is 1.48. The maximum atomic E-state index is 5.80. The van der Waals surface area contributed by atoms with E-state index in [1.807, 2.05) is 43.3 Å². The summed E-state index contributed by atoms with van der Waals surface area (Å²) in [7, 11) is 0. The second-order valence-corrected chi connectivity index (χ2v) is 4.35. The van der Waals surface area contributed by atoms with E-state index in [1.165, 1.54) is 0 Å². The molecule has 0 saturated carbocycles. The fraction of sp³-hybridized carbons (Fsp3) is 0.143. The Morgan fingerprint density at radius 3 is 1.83 bits per heavy atom. The molecule has 4 heteroatoms. The molecule has 0 aliphatic rings. The summed E-state index contributed by atoms with van der Waals surface area (Å²) in [5, 5.41) is 0.699. The Labute approximate surface area is 118 Å². The SMILES string of the molecule is CC(N)c1ccc(Oc2ccc(Cl)cc2)cc1.Cl. The van der Waals surface area contributed by atoms with Gasteiger partial charge in [0, 0.05) is 11.1 Å². The maximum Gasteiger partial charge on any atom is 0.127 e. The van der Waals surface area contributed by atoms with Gasteiger partial charge in [-0.2, -0.15) is 0 Å². The molecule has 1 atom stereocenters. The third kappa shape index (κ3) is 3.91. The van der Waals surface area contributed by atoms with Crippen LogP contribution in [0.15, 0.2) is 48.5 Å². The molecule has 0 aliphatic carbocycles. The molecule has 18 heavy (non-hydrogen) atoms. The van der Waals surface area contributed by atoms with Gasteiger partial charge in [0.25, 0.3) is 0 Å². The van der Waals surface area contributed by atoms with Crippen molar-refractivity contribution >= 4 is 24.0 Å². The van der Waals surface area contributed by atoms with E-state index in [0.717, 1.165) is 17.1 Å². The Kier molecular flexibility index (Phi) is 5.48. The molecule has 2 nitrogen and oxygen atoms in total. The van der Waals surface area contributed by atoms with E-state index in [1.54, 1.807) is 12.1 Å². The Balaban J connectivity index is 0.00000162. The van der Waals surface area contributed by atoms with Gasteiger partial charge in [0.05, 0.1) is 0 Å². The smallest absolute Gasteiger partial charge is 0.127 e. The highest BCUT2D eigenvalue weighted by Crippen LogP contribution is 2.24. The van der Waals surface area contributed by atoms with Crippen molar-refractivity contribution in [3.05, 3.63) is 59.1 Å². The molecule has 0 spiro atoms. The highest BCUT2D eigenvalue weighted by molar-refractivity contribution is 6.30. The van der Waals surface area contributed by atoms with Crippen molar-refractivity contribution in [2.45, 2.75) is 13.0 Å². The van der Waals surface area contributed by atoms with Gasteiger partial charge < -0.3 is 10.5 Å². The first-order chi connectivity index (χ1) is 8.15. The number of hydrogen-bond donors (Lipinski definition) is 1. The molecule has 0 aromatic heterocycles. The lowest BCUT2D eigenvalue weighted by molar-refractivity contribution is 0.482. The Morgan fingerprint density at radius 1 is 0.944 bits per heavy atom. The van der Waals surface area contributed by atoms with Crippen molar-refractivity contribution in [2.75, 3.05) is 0 Å². The molecule has 0 amide bonds. The summed E-state index contributed by atoms with van der Waals surface area (Å²) in [5.74, 6) is 1.56. The second kappa shape index (κ2) is 6.64. The molecule has 0 aliphatic heterocycles. The normalized spacial score (nSPS) is 11.5. The first kappa shape index (κ1) is 14.8. The van der Waals surface area contributed by atoms with Crippen molar-refractivity contribution in [1.29, 1.82) is 0 Å². The van der Waals surface area contributed by atoms with Crippen molar-refractivity contribution in [3.8, 4) is 11.5 Å². The first-order valence-electron chi connectivity index (χ1n) is 5.44. The van der Waals surface area contributed by atoms with Crippen LogP contribution in [0, 0.1) is 0 Å². The standard InChI is InChI=1S/C14H14ClNO.ClH/c1-10(16)11-2-6-13(7-3-11)17-14-8-4-12(15)5-9-14;/h2-10H,16H2,1H3;1H. The van der Waals surface area contributed by atoms with Gasteiger partial charge in [-0.3, -0.25) is 0 Å². The van der Waals surface area contributed by atoms with E-state index >= 15 is 0 Å². The van der Waals surface area contributed by atoms with Crippen LogP contribution in [0.5, 0.6) is 11.5 Å². The van der Waals surface area contributed by atoms with Crippen molar-refractivity contribution in [2.24, 2.45) is 5.73 Å². The summed E-state index contributed by atoms with van der Waals surface area (Å²) in [6, 6.07) is 15.1. The average molecular weight is 284 g/mol. The molecular weight excluding hydrogens is 269 g/mol. The molecule has 2 rings (SSSR count). The van der Waals surface area contributed by atoms with Gasteiger partial charge in [-0.15, -0.1) is 12.4 Å². The minimum absolute atomic E-state index is 0. The predicted molar refractivity (Wildman–Crippen MR) is 77.8 cm³/mol. The van der Waals surface area contributed by atoms with Gasteiger partial charge in [-0.05, 0) is 48.9 Å². The summed E-state index contributed by atoms with van der Waals surface area (Å²) in [6.45, 7) is 1.95. The zero-order valence-electron chi connectivity index (χ0n) is 9.97. The molecule has 0 radical (unpaired) electrons. The van der Waals surface area contributed by atoms with E-state index < -0.39 is 0 Å². The lowest BCUT2D eigenvalue weighted by atomic mass is 10.1. The van der Waals surface area contributed by atoms with Crippen LogP contribution in [0.1, 0.15) is 18.5 Å². The minimum atomic E-state index is 0. The molecule has 0 saturated heterocycles. The van der Waals surface area contributed by atoms with Crippen LogP contribution in [0.3, 0.4) is 0 Å². The van der Waals surface area contributed by atoms with Crippen LogP contribution in [-0.4, -0.2) is 0 Å². The van der Waals surface area contributed by atoms with Crippen LogP contribution >= 0.6 is 24.0 Å². The Hall–Kier alpha value is -1.22. The fourth-order valence-corrected chi connectivity index (χ4v) is 1.60. The molecule has 2 aromatic rings. The Bertz CT molecular complexity index is 480. The number of benzene rings is 2. The maximum absolute atomic E-state index is 5.80. The molecule has 0 heterocycles. The van der Waals surface area contributed by atoms with Crippen LogP contribution in [0.2, 0.25) is 5.02 Å². The molecule has 2 N–H and O–H groups in total. The monoisotopic (exact) mass is 283 g/mol. The van der Waals surface area contributed by atoms with E-state index in [-0.39, 0.29) is 18.4 Å². The third-order valence-corrected chi connectivity index (χ3v) is 2.71. The first-order valence-corrected chi connectivity index (χ1v) is 5.82. The molecule has 1 unspecified atom stereocenters. The number of rotatable bonds is 3. The van der Waals surface area contributed by atoms with Crippen molar-refractivity contribution in [3.63, 3.8) is 0 Å². The van der Waals surface area contributed by atoms with Crippen LogP contribution in [0.25, 0.3) is 0 Å². The van der Waals surface area contributed by atoms with E-state index in [9.17, 15) is 0 Å². The van der Waals surface area contributed by atoms with E-state index in [4.69, 9.17) is 22.1 Å². The highest BCUT2D eigenvalue weighted by atomic mass is 35.5. The lowest BCUT2D eigenvalue weighted by Gasteiger charge is -2.08. The summed E-state index contributed by atoms with van der Waals surface area (Å²) in [5.41, 5.74) is 6.87. The Morgan fingerprint density at radius 2 is 1.39 bits per heavy atom. The van der Waals surface area contributed by atoms with Crippen LogP contribution in [0.4, 0.5) is 0 Å². The zero-order valence-corrected chi connectivity index (χ0v) is 11.5. The second-order valence-electron chi connectivity index (χ2n) is 3.91. The third-order valence-electron chi connectivity index (χ3n) is 2.46. The number of hydrogen-bond acceptors (Lipinski definition) is 2. The number of halogens is 2. The van der Waals surface area contributed by atoms with Crippen molar-refractivity contribution < 1.29 is 4.74 Å². The van der Waals surface area contributed by atoms with Gasteiger partial charge in [0.15, 0.2) is 0 Å². The molecule has 0 bridgehead atoms. The molecular formula is C14H15Cl2NO. The van der Waals surface area contributed by atoms with Crippen molar-refractivity contribution in [1.82, 2.24) is 0 Å². The number of nitrogens with two attached hydrogens (primary N) is 1. The minimum Gasteiger partial charge on any atom is -0.457 e. The summed E-state index contributed by atoms with van der Waals surface area (Å²) >= 11 is 5.80. The summed E-state index contributed by atoms with van der Waals surface area (Å²) < 4.78 is 5.67. The predicted octanol–water partition coefficient (Wildman–Crippen LogP) is 4.57. The van der Waals surface area contributed by atoms with Crippen LogP contribution < -0.4 is 10.5 Å². The van der Waals surface area contributed by atoms with Gasteiger partial charge >= 0.3 is 0 Å². The van der Waals surface area contributed by atoms with E-state index in [0.29, 0.717) is 5.02 Å². The van der Waals surface area contributed by atoms with Gasteiger partial charge in [0.1, 0.15) is 11.5 Å². The summed E-state index contributed by atoms with van der Waals surface area (Å²) in [6.07, 6.45) is 0. The molecule has 0 fully saturated rings.